The molecule has 1 rings (SSSR count). The maximum Gasteiger partial charge on any atom is 0.0139 e. The molecular formula is C15H23N. The van der Waals surface area contributed by atoms with Crippen molar-refractivity contribution in [1.29, 1.82) is 0 Å². The van der Waals surface area contributed by atoms with Crippen LogP contribution in [0.4, 0.5) is 0 Å². The van der Waals surface area contributed by atoms with Gasteiger partial charge in [-0.2, -0.15) is 0 Å². The van der Waals surface area contributed by atoms with Crippen molar-refractivity contribution in [2.24, 2.45) is 0 Å². The van der Waals surface area contributed by atoms with E-state index in [1.54, 1.807) is 0 Å². The Morgan fingerprint density at radius 3 is 2.56 bits per heavy atom. The second kappa shape index (κ2) is 7.24. The van der Waals surface area contributed by atoms with Crippen LogP contribution in [0.1, 0.15) is 32.8 Å². The van der Waals surface area contributed by atoms with Gasteiger partial charge in [0.05, 0.1) is 0 Å². The highest BCUT2D eigenvalue weighted by Crippen LogP contribution is 2.04. The van der Waals surface area contributed by atoms with E-state index in [4.69, 9.17) is 0 Å². The fraction of sp³-hybridized carbons (Fsp3) is 0.467. The SMILES string of the molecule is CC(C)=CCNC(C)CCc1ccccc1. The second-order valence-corrected chi connectivity index (χ2v) is 4.62. The lowest BCUT2D eigenvalue weighted by Crippen LogP contribution is -2.26. The monoisotopic (exact) mass is 217 g/mol. The minimum atomic E-state index is 0.579. The predicted molar refractivity (Wildman–Crippen MR) is 71.7 cm³/mol. The van der Waals surface area contributed by atoms with Crippen molar-refractivity contribution < 1.29 is 0 Å². The summed E-state index contributed by atoms with van der Waals surface area (Å²) in [6.45, 7) is 7.51. The van der Waals surface area contributed by atoms with Crippen molar-refractivity contribution in [3.63, 3.8) is 0 Å². The van der Waals surface area contributed by atoms with Crippen LogP contribution in [-0.2, 0) is 6.42 Å². The van der Waals surface area contributed by atoms with Gasteiger partial charge in [-0.15, -0.1) is 0 Å². The Balaban J connectivity index is 2.20. The molecule has 0 heterocycles. The topological polar surface area (TPSA) is 12.0 Å². The molecule has 1 heteroatoms. The van der Waals surface area contributed by atoms with Crippen molar-refractivity contribution in [2.45, 2.75) is 39.7 Å². The van der Waals surface area contributed by atoms with Crippen LogP contribution in [0.25, 0.3) is 0 Å². The molecule has 1 unspecified atom stereocenters. The summed E-state index contributed by atoms with van der Waals surface area (Å²) < 4.78 is 0. The number of allylic oxidation sites excluding steroid dienone is 1. The van der Waals surface area contributed by atoms with Crippen LogP contribution < -0.4 is 5.32 Å². The van der Waals surface area contributed by atoms with Gasteiger partial charge in [-0.05, 0) is 39.2 Å². The van der Waals surface area contributed by atoms with Gasteiger partial charge in [0.25, 0.3) is 0 Å². The molecule has 1 N–H and O–H groups in total. The zero-order chi connectivity index (χ0) is 11.8. The highest BCUT2D eigenvalue weighted by Gasteiger charge is 2.00. The number of aryl methyl sites for hydroxylation is 1. The summed E-state index contributed by atoms with van der Waals surface area (Å²) in [5.74, 6) is 0. The average molecular weight is 217 g/mol. The summed E-state index contributed by atoms with van der Waals surface area (Å²) in [6.07, 6.45) is 4.59. The first-order valence-electron chi connectivity index (χ1n) is 6.09. The first-order valence-corrected chi connectivity index (χ1v) is 6.09. The maximum absolute atomic E-state index is 3.51. The summed E-state index contributed by atoms with van der Waals surface area (Å²) in [5.41, 5.74) is 2.81. The fourth-order valence-corrected chi connectivity index (χ4v) is 1.59. The molecule has 0 aliphatic heterocycles. The summed E-state index contributed by atoms with van der Waals surface area (Å²) in [7, 11) is 0. The highest BCUT2D eigenvalue weighted by molar-refractivity contribution is 5.14. The lowest BCUT2D eigenvalue weighted by Gasteiger charge is -2.12. The van der Waals surface area contributed by atoms with E-state index >= 15 is 0 Å². The molecular weight excluding hydrogens is 194 g/mol. The van der Waals surface area contributed by atoms with Crippen LogP contribution in [0, 0.1) is 0 Å². The molecule has 0 saturated carbocycles. The quantitative estimate of drug-likeness (QED) is 0.718. The Hall–Kier alpha value is -1.08. The lowest BCUT2D eigenvalue weighted by atomic mass is 10.1. The van der Waals surface area contributed by atoms with E-state index in [0.717, 1.165) is 13.0 Å². The number of nitrogens with one attached hydrogen (secondary N) is 1. The van der Waals surface area contributed by atoms with Crippen molar-refractivity contribution in [3.8, 4) is 0 Å². The lowest BCUT2D eigenvalue weighted by molar-refractivity contribution is 0.542. The third-order valence-electron chi connectivity index (χ3n) is 2.69. The van der Waals surface area contributed by atoms with Crippen molar-refractivity contribution in [3.05, 3.63) is 47.5 Å². The molecule has 1 nitrogen and oxygen atoms in total. The molecule has 0 aromatic heterocycles. The van der Waals surface area contributed by atoms with Crippen molar-refractivity contribution >= 4 is 0 Å². The Morgan fingerprint density at radius 1 is 1.25 bits per heavy atom. The molecule has 0 aliphatic carbocycles. The van der Waals surface area contributed by atoms with E-state index in [9.17, 15) is 0 Å². The summed E-state index contributed by atoms with van der Waals surface area (Å²) in [4.78, 5) is 0. The van der Waals surface area contributed by atoms with Crippen LogP contribution in [0.5, 0.6) is 0 Å². The molecule has 1 atom stereocenters. The third-order valence-corrected chi connectivity index (χ3v) is 2.69. The van der Waals surface area contributed by atoms with Gasteiger partial charge in [0, 0.05) is 12.6 Å². The fourth-order valence-electron chi connectivity index (χ4n) is 1.59. The third kappa shape index (κ3) is 5.72. The number of rotatable bonds is 6. The highest BCUT2D eigenvalue weighted by atomic mass is 14.9. The van der Waals surface area contributed by atoms with Gasteiger partial charge in [-0.25, -0.2) is 0 Å². The van der Waals surface area contributed by atoms with E-state index in [1.165, 1.54) is 17.6 Å². The smallest absolute Gasteiger partial charge is 0.0139 e. The van der Waals surface area contributed by atoms with Gasteiger partial charge in [0.1, 0.15) is 0 Å². The minimum absolute atomic E-state index is 0.579. The number of hydrogen-bond acceptors (Lipinski definition) is 1. The largest absolute Gasteiger partial charge is 0.311 e. The zero-order valence-corrected chi connectivity index (χ0v) is 10.7. The molecule has 0 radical (unpaired) electrons. The number of benzene rings is 1. The molecule has 1 aromatic rings. The molecule has 1 aromatic carbocycles. The molecule has 0 amide bonds. The molecule has 0 saturated heterocycles. The van der Waals surface area contributed by atoms with E-state index in [-0.39, 0.29) is 0 Å². The zero-order valence-electron chi connectivity index (χ0n) is 10.7. The summed E-state index contributed by atoms with van der Waals surface area (Å²) in [6, 6.07) is 11.3. The van der Waals surface area contributed by atoms with Gasteiger partial charge in [-0.1, -0.05) is 42.0 Å². The summed E-state index contributed by atoms with van der Waals surface area (Å²) in [5, 5.41) is 3.51. The molecule has 16 heavy (non-hydrogen) atoms. The van der Waals surface area contributed by atoms with E-state index in [2.05, 4.69) is 62.5 Å². The first kappa shape index (κ1) is 13.0. The van der Waals surface area contributed by atoms with Crippen molar-refractivity contribution in [2.75, 3.05) is 6.54 Å². The van der Waals surface area contributed by atoms with Crippen LogP contribution >= 0.6 is 0 Å². The Labute approximate surface area is 99.6 Å². The standard InChI is InChI=1S/C15H23N/c1-13(2)11-12-16-14(3)9-10-15-7-5-4-6-8-15/h4-8,11,14,16H,9-10,12H2,1-3H3. The molecule has 0 fully saturated rings. The summed E-state index contributed by atoms with van der Waals surface area (Å²) >= 11 is 0. The molecule has 0 spiro atoms. The van der Waals surface area contributed by atoms with Gasteiger partial charge < -0.3 is 5.32 Å². The second-order valence-electron chi connectivity index (χ2n) is 4.62. The minimum Gasteiger partial charge on any atom is -0.311 e. The molecule has 0 bridgehead atoms. The van der Waals surface area contributed by atoms with E-state index < -0.39 is 0 Å². The number of hydrogen-bond donors (Lipinski definition) is 1. The van der Waals surface area contributed by atoms with Crippen LogP contribution in [-0.4, -0.2) is 12.6 Å². The van der Waals surface area contributed by atoms with Crippen LogP contribution in [0.2, 0.25) is 0 Å². The van der Waals surface area contributed by atoms with Gasteiger partial charge in [-0.3, -0.25) is 0 Å². The van der Waals surface area contributed by atoms with Gasteiger partial charge in [0.2, 0.25) is 0 Å². The van der Waals surface area contributed by atoms with E-state index in [0.29, 0.717) is 6.04 Å². The van der Waals surface area contributed by atoms with Gasteiger partial charge >= 0.3 is 0 Å². The van der Waals surface area contributed by atoms with Crippen LogP contribution in [0.15, 0.2) is 42.0 Å². The predicted octanol–water partition coefficient (Wildman–Crippen LogP) is 3.56. The van der Waals surface area contributed by atoms with Crippen LogP contribution in [0.3, 0.4) is 0 Å². The Morgan fingerprint density at radius 2 is 1.94 bits per heavy atom. The van der Waals surface area contributed by atoms with Crippen molar-refractivity contribution in [1.82, 2.24) is 5.32 Å². The first-order chi connectivity index (χ1) is 7.68. The van der Waals surface area contributed by atoms with Gasteiger partial charge in [0.15, 0.2) is 0 Å². The maximum atomic E-state index is 3.51. The normalized spacial score (nSPS) is 12.2. The average Bonchev–Trinajstić information content (AvgIpc) is 2.27. The Kier molecular flexibility index (Phi) is 5.87. The molecule has 0 aliphatic rings. The van der Waals surface area contributed by atoms with E-state index in [1.807, 2.05) is 0 Å². The Bertz CT molecular complexity index is 309. The molecule has 88 valence electrons.